The molecule has 4 aromatic rings. The summed E-state index contributed by atoms with van der Waals surface area (Å²) < 4.78 is 7.51. The zero-order chi connectivity index (χ0) is 20.1. The third-order valence-corrected chi connectivity index (χ3v) is 5.58. The summed E-state index contributed by atoms with van der Waals surface area (Å²) in [6.07, 6.45) is 3.63. The summed E-state index contributed by atoms with van der Waals surface area (Å²) in [5.74, 6) is 0. The first kappa shape index (κ1) is 18.2. The SMILES string of the molecule is CC1CN(c2ccc3cc(-c4cn5ccc(Cl)cc5n4)c(=O)oc3c2)CC(C)N1. The van der Waals surface area contributed by atoms with Crippen molar-refractivity contribution >= 4 is 33.9 Å². The van der Waals surface area contributed by atoms with Crippen molar-refractivity contribution in [3.63, 3.8) is 0 Å². The van der Waals surface area contributed by atoms with E-state index in [1.807, 2.05) is 35.0 Å². The van der Waals surface area contributed by atoms with E-state index in [1.54, 1.807) is 12.1 Å². The van der Waals surface area contributed by atoms with Crippen LogP contribution in [0.1, 0.15) is 13.8 Å². The van der Waals surface area contributed by atoms with Gasteiger partial charge in [0.15, 0.2) is 0 Å². The van der Waals surface area contributed by atoms with E-state index in [-0.39, 0.29) is 0 Å². The number of benzene rings is 1. The van der Waals surface area contributed by atoms with Crippen LogP contribution in [-0.4, -0.2) is 34.6 Å². The average molecular weight is 409 g/mol. The van der Waals surface area contributed by atoms with Gasteiger partial charge in [0, 0.05) is 65.8 Å². The Morgan fingerprint density at radius 2 is 1.93 bits per heavy atom. The van der Waals surface area contributed by atoms with E-state index in [2.05, 4.69) is 35.1 Å². The monoisotopic (exact) mass is 408 g/mol. The standard InChI is InChI=1S/C22H21ClN4O2/c1-13-10-27(11-14(2)24-13)17-4-3-15-7-18(22(28)29-20(15)9-17)19-12-26-6-5-16(23)8-21(26)25-19/h3-9,12-14,24H,10-11H2,1-2H3. The number of piperazine rings is 1. The van der Waals surface area contributed by atoms with E-state index < -0.39 is 5.63 Å². The summed E-state index contributed by atoms with van der Waals surface area (Å²) >= 11 is 6.04. The predicted molar refractivity (Wildman–Crippen MR) is 116 cm³/mol. The third-order valence-electron chi connectivity index (χ3n) is 5.34. The van der Waals surface area contributed by atoms with Crippen molar-refractivity contribution in [1.82, 2.24) is 14.7 Å². The van der Waals surface area contributed by atoms with Crippen molar-refractivity contribution in [2.75, 3.05) is 18.0 Å². The molecule has 0 spiro atoms. The Kier molecular flexibility index (Phi) is 4.33. The fourth-order valence-electron chi connectivity index (χ4n) is 4.10. The van der Waals surface area contributed by atoms with Crippen molar-refractivity contribution in [2.24, 2.45) is 0 Å². The van der Waals surface area contributed by atoms with Gasteiger partial charge >= 0.3 is 5.63 Å². The Hall–Kier alpha value is -2.83. The molecule has 0 bridgehead atoms. The van der Waals surface area contributed by atoms with Crippen molar-refractivity contribution in [1.29, 1.82) is 0 Å². The maximum atomic E-state index is 12.7. The molecule has 7 heteroatoms. The maximum absolute atomic E-state index is 12.7. The molecule has 0 aliphatic carbocycles. The maximum Gasteiger partial charge on any atom is 0.345 e. The van der Waals surface area contributed by atoms with Gasteiger partial charge in [-0.3, -0.25) is 0 Å². The molecule has 1 aliphatic rings. The van der Waals surface area contributed by atoms with E-state index in [9.17, 15) is 4.79 Å². The second kappa shape index (κ2) is 6.90. The highest BCUT2D eigenvalue weighted by atomic mass is 35.5. The lowest BCUT2D eigenvalue weighted by atomic mass is 10.1. The normalized spacial score (nSPS) is 19.9. The summed E-state index contributed by atoms with van der Waals surface area (Å²) in [5, 5.41) is 5.00. The van der Waals surface area contributed by atoms with E-state index in [1.165, 1.54) is 0 Å². The van der Waals surface area contributed by atoms with Crippen LogP contribution >= 0.6 is 11.6 Å². The molecule has 6 nitrogen and oxygen atoms in total. The first-order chi connectivity index (χ1) is 14.0. The van der Waals surface area contributed by atoms with Crippen molar-refractivity contribution in [3.8, 4) is 11.3 Å². The summed E-state index contributed by atoms with van der Waals surface area (Å²) in [5.41, 5.74) is 2.94. The number of hydrogen-bond acceptors (Lipinski definition) is 5. The highest BCUT2D eigenvalue weighted by Gasteiger charge is 2.21. The van der Waals surface area contributed by atoms with Crippen molar-refractivity contribution in [3.05, 3.63) is 64.2 Å². The minimum atomic E-state index is -0.397. The lowest BCUT2D eigenvalue weighted by Crippen LogP contribution is -2.54. The number of nitrogens with one attached hydrogen (secondary N) is 1. The minimum absolute atomic E-state index is 0.397. The first-order valence-electron chi connectivity index (χ1n) is 9.70. The Bertz CT molecular complexity index is 1270. The number of pyridine rings is 1. The molecule has 0 amide bonds. The van der Waals surface area contributed by atoms with E-state index >= 15 is 0 Å². The van der Waals surface area contributed by atoms with E-state index in [4.69, 9.17) is 16.0 Å². The van der Waals surface area contributed by atoms with Crippen LogP contribution in [0.3, 0.4) is 0 Å². The molecule has 2 atom stereocenters. The summed E-state index contributed by atoms with van der Waals surface area (Å²) in [7, 11) is 0. The Labute approximate surface area is 172 Å². The molecule has 1 saturated heterocycles. The van der Waals surface area contributed by atoms with Gasteiger partial charge in [0.1, 0.15) is 11.2 Å². The van der Waals surface area contributed by atoms with Crippen LogP contribution in [0.2, 0.25) is 5.02 Å². The van der Waals surface area contributed by atoms with E-state index in [0.29, 0.717) is 39.6 Å². The number of imidazole rings is 1. The summed E-state index contributed by atoms with van der Waals surface area (Å²) in [6, 6.07) is 12.2. The van der Waals surface area contributed by atoms with Crippen LogP contribution in [0.4, 0.5) is 5.69 Å². The molecule has 1 aromatic carbocycles. The lowest BCUT2D eigenvalue weighted by molar-refractivity contribution is 0.407. The van der Waals surface area contributed by atoms with Crippen molar-refractivity contribution in [2.45, 2.75) is 25.9 Å². The smallest absolute Gasteiger partial charge is 0.345 e. The van der Waals surface area contributed by atoms with Crippen LogP contribution in [0.25, 0.3) is 27.9 Å². The second-order valence-corrected chi connectivity index (χ2v) is 8.22. The second-order valence-electron chi connectivity index (χ2n) is 7.78. The largest absolute Gasteiger partial charge is 0.422 e. The van der Waals surface area contributed by atoms with Gasteiger partial charge in [-0.2, -0.15) is 0 Å². The van der Waals surface area contributed by atoms with Gasteiger partial charge in [0.25, 0.3) is 0 Å². The Balaban J connectivity index is 1.55. The lowest BCUT2D eigenvalue weighted by Gasteiger charge is -2.37. The first-order valence-corrected chi connectivity index (χ1v) is 10.1. The average Bonchev–Trinajstić information content (AvgIpc) is 3.09. The molecule has 1 fully saturated rings. The van der Waals surface area contributed by atoms with Crippen LogP contribution in [0.15, 0.2) is 58.0 Å². The number of anilines is 1. The van der Waals surface area contributed by atoms with E-state index in [0.717, 1.165) is 24.2 Å². The van der Waals surface area contributed by atoms with Gasteiger partial charge in [-0.1, -0.05) is 11.6 Å². The molecule has 3 aromatic heterocycles. The number of halogens is 1. The molecule has 5 rings (SSSR count). The van der Waals surface area contributed by atoms with Gasteiger partial charge in [0.2, 0.25) is 0 Å². The molecular weight excluding hydrogens is 388 g/mol. The van der Waals surface area contributed by atoms with Crippen LogP contribution < -0.4 is 15.8 Å². The molecule has 29 heavy (non-hydrogen) atoms. The van der Waals surface area contributed by atoms with Gasteiger partial charge in [-0.25, -0.2) is 9.78 Å². The fraction of sp³-hybridized carbons (Fsp3) is 0.273. The zero-order valence-electron chi connectivity index (χ0n) is 16.2. The Morgan fingerprint density at radius 3 is 2.72 bits per heavy atom. The Morgan fingerprint density at radius 1 is 1.14 bits per heavy atom. The van der Waals surface area contributed by atoms with Crippen LogP contribution in [0, 0.1) is 0 Å². The zero-order valence-corrected chi connectivity index (χ0v) is 17.0. The van der Waals surface area contributed by atoms with Gasteiger partial charge < -0.3 is 19.0 Å². The van der Waals surface area contributed by atoms with Crippen LogP contribution in [0.5, 0.6) is 0 Å². The molecule has 0 radical (unpaired) electrons. The number of hydrogen-bond donors (Lipinski definition) is 1. The molecule has 4 heterocycles. The number of nitrogens with zero attached hydrogens (tertiary/aromatic N) is 3. The highest BCUT2D eigenvalue weighted by Crippen LogP contribution is 2.26. The topological polar surface area (TPSA) is 62.8 Å². The fourth-order valence-corrected chi connectivity index (χ4v) is 4.25. The highest BCUT2D eigenvalue weighted by molar-refractivity contribution is 6.30. The molecule has 1 N–H and O–H groups in total. The van der Waals surface area contributed by atoms with Gasteiger partial charge in [-0.15, -0.1) is 0 Å². The van der Waals surface area contributed by atoms with Gasteiger partial charge in [0.05, 0.1) is 11.3 Å². The molecule has 2 unspecified atom stereocenters. The molecular formula is C22H21ClN4O2. The number of fused-ring (bicyclic) bond motifs is 2. The number of aromatic nitrogens is 2. The van der Waals surface area contributed by atoms with Crippen molar-refractivity contribution < 1.29 is 4.42 Å². The number of rotatable bonds is 2. The molecule has 1 aliphatic heterocycles. The van der Waals surface area contributed by atoms with Gasteiger partial charge in [-0.05, 0) is 38.1 Å². The third kappa shape index (κ3) is 3.39. The predicted octanol–water partition coefficient (Wildman–Crippen LogP) is 3.95. The minimum Gasteiger partial charge on any atom is -0.422 e. The molecule has 148 valence electrons. The van der Waals surface area contributed by atoms with Crippen LogP contribution in [-0.2, 0) is 0 Å². The summed E-state index contributed by atoms with van der Waals surface area (Å²) in [4.78, 5) is 19.6. The quantitative estimate of drug-likeness (QED) is 0.509. The summed E-state index contributed by atoms with van der Waals surface area (Å²) in [6.45, 7) is 6.19. The molecule has 0 saturated carbocycles.